The molecule has 0 saturated carbocycles. The van der Waals surface area contributed by atoms with Gasteiger partial charge < -0.3 is 19.6 Å². The zero-order valence-corrected chi connectivity index (χ0v) is 16.3. The first-order chi connectivity index (χ1) is 12.8. The van der Waals surface area contributed by atoms with Crippen LogP contribution in [0.25, 0.3) is 0 Å². The van der Waals surface area contributed by atoms with E-state index in [-0.39, 0.29) is 5.25 Å². The molecule has 1 aromatic heterocycles. The third-order valence-corrected chi connectivity index (χ3v) is 7.02. The molecule has 27 heavy (non-hydrogen) atoms. The zero-order chi connectivity index (χ0) is 19.4. The number of hydrogen-bond donors (Lipinski definition) is 1. The molecule has 2 saturated heterocycles. The third kappa shape index (κ3) is 5.21. The first kappa shape index (κ1) is 19.7. The first-order valence-electron chi connectivity index (χ1n) is 9.19. The van der Waals surface area contributed by atoms with Crippen molar-refractivity contribution >= 4 is 21.7 Å². The predicted octanol–water partition coefficient (Wildman–Crippen LogP) is 1.26. The Bertz CT molecular complexity index is 739. The van der Waals surface area contributed by atoms with Gasteiger partial charge in [0.2, 0.25) is 5.88 Å². The van der Waals surface area contributed by atoms with E-state index >= 15 is 0 Å². The molecule has 3 rings (SSSR count). The van der Waals surface area contributed by atoms with Crippen LogP contribution in [0.1, 0.15) is 25.7 Å². The topological polar surface area (TPSA) is 113 Å². The van der Waals surface area contributed by atoms with Gasteiger partial charge in [-0.2, -0.15) is 0 Å². The number of rotatable bonds is 5. The van der Waals surface area contributed by atoms with Crippen molar-refractivity contribution in [2.45, 2.75) is 30.9 Å². The highest BCUT2D eigenvalue weighted by molar-refractivity contribution is 7.91. The normalized spacial score (nSPS) is 19.9. The van der Waals surface area contributed by atoms with Crippen LogP contribution in [0.5, 0.6) is 5.88 Å². The molecule has 0 atom stereocenters. The molecule has 1 aromatic rings. The number of sulfone groups is 1. The lowest BCUT2D eigenvalue weighted by atomic mass is 9.98. The fraction of sp³-hybridized carbons (Fsp3) is 0.706. The maximum absolute atomic E-state index is 11.6. The summed E-state index contributed by atoms with van der Waals surface area (Å²) < 4.78 is 29.0. The summed E-state index contributed by atoms with van der Waals surface area (Å²) in [4.78, 5) is 23.1. The number of carbonyl (C=O) groups is 1. The molecule has 2 aliphatic rings. The minimum atomic E-state index is -2.98. The second-order valence-corrected chi connectivity index (χ2v) is 9.58. The van der Waals surface area contributed by atoms with Crippen molar-refractivity contribution in [3.8, 4) is 5.88 Å². The number of anilines is 1. The number of ether oxygens (including phenoxy) is 1. The summed E-state index contributed by atoms with van der Waals surface area (Å²) in [5.74, 6) is 1.49. The van der Waals surface area contributed by atoms with Gasteiger partial charge in [-0.15, -0.1) is 0 Å². The Labute approximate surface area is 159 Å². The maximum atomic E-state index is 11.6. The summed E-state index contributed by atoms with van der Waals surface area (Å²) in [7, 11) is -2.98. The Morgan fingerprint density at radius 3 is 2.33 bits per heavy atom. The molecule has 150 valence electrons. The van der Waals surface area contributed by atoms with Crippen molar-refractivity contribution in [2.75, 3.05) is 43.9 Å². The molecular formula is C17H26N4O5S. The fourth-order valence-electron chi connectivity index (χ4n) is 3.55. The van der Waals surface area contributed by atoms with Crippen molar-refractivity contribution < 1.29 is 23.1 Å². The highest BCUT2D eigenvalue weighted by Crippen LogP contribution is 2.22. The number of hydrogen-bond acceptors (Lipinski definition) is 7. The summed E-state index contributed by atoms with van der Waals surface area (Å²) in [6.07, 6.45) is 6.46. The van der Waals surface area contributed by atoms with Crippen molar-refractivity contribution in [3.05, 3.63) is 12.4 Å². The van der Waals surface area contributed by atoms with Crippen LogP contribution in [-0.4, -0.2) is 78.8 Å². The molecular weight excluding hydrogens is 372 g/mol. The quantitative estimate of drug-likeness (QED) is 0.789. The highest BCUT2D eigenvalue weighted by atomic mass is 32.2. The molecule has 0 unspecified atom stereocenters. The van der Waals surface area contributed by atoms with Gasteiger partial charge in [0.25, 0.3) is 0 Å². The van der Waals surface area contributed by atoms with E-state index in [4.69, 9.17) is 9.84 Å². The van der Waals surface area contributed by atoms with E-state index in [2.05, 4.69) is 9.97 Å². The minimum Gasteiger partial charge on any atom is -0.476 e. The van der Waals surface area contributed by atoms with Gasteiger partial charge in [0, 0.05) is 32.4 Å². The Kier molecular flexibility index (Phi) is 6.03. The number of nitrogens with zero attached hydrogens (tertiary/aromatic N) is 4. The van der Waals surface area contributed by atoms with Gasteiger partial charge in [-0.05, 0) is 31.6 Å². The Hall–Kier alpha value is -2.10. The number of likely N-dealkylation sites (tertiary alicyclic amines) is 1. The molecule has 2 fully saturated rings. The Morgan fingerprint density at radius 2 is 1.81 bits per heavy atom. The van der Waals surface area contributed by atoms with Gasteiger partial charge in [-0.3, -0.25) is 0 Å². The summed E-state index contributed by atoms with van der Waals surface area (Å²) in [6, 6.07) is 0. The number of amides is 1. The highest BCUT2D eigenvalue weighted by Gasteiger charge is 2.27. The van der Waals surface area contributed by atoms with Gasteiger partial charge in [0.15, 0.2) is 0 Å². The number of carboxylic acid groups (broad SMARTS) is 1. The van der Waals surface area contributed by atoms with Crippen LogP contribution < -0.4 is 9.64 Å². The lowest BCUT2D eigenvalue weighted by molar-refractivity contribution is 0.111. The zero-order valence-electron chi connectivity index (χ0n) is 15.5. The van der Waals surface area contributed by atoms with Gasteiger partial charge in [0.1, 0.15) is 15.7 Å². The van der Waals surface area contributed by atoms with Gasteiger partial charge >= 0.3 is 6.09 Å². The second kappa shape index (κ2) is 8.28. The standard InChI is InChI=1S/C17H26N4O5S/c1-27(24,25)14-4-8-20(9-5-14)15-10-19-16(11-18-15)26-12-13-2-6-21(7-3-13)17(22)23/h10-11,13-14H,2-9,12H2,1H3,(H,22,23). The Balaban J connectivity index is 1.45. The minimum absolute atomic E-state index is 0.267. The van der Waals surface area contributed by atoms with Crippen LogP contribution >= 0.6 is 0 Å². The molecule has 1 N–H and O–H groups in total. The van der Waals surface area contributed by atoms with Gasteiger partial charge in [-0.25, -0.2) is 23.2 Å². The Morgan fingerprint density at radius 1 is 1.15 bits per heavy atom. The molecule has 0 aromatic carbocycles. The molecule has 9 nitrogen and oxygen atoms in total. The van der Waals surface area contributed by atoms with Crippen LogP contribution in [0.15, 0.2) is 12.4 Å². The number of piperidine rings is 2. The van der Waals surface area contributed by atoms with Crippen LogP contribution in [0.2, 0.25) is 0 Å². The molecule has 3 heterocycles. The largest absolute Gasteiger partial charge is 0.476 e. The van der Waals surface area contributed by atoms with E-state index in [0.717, 1.165) is 18.7 Å². The third-order valence-electron chi connectivity index (χ3n) is 5.34. The molecule has 0 radical (unpaired) electrons. The average molecular weight is 398 g/mol. The lowest BCUT2D eigenvalue weighted by Crippen LogP contribution is -2.39. The molecule has 2 aliphatic heterocycles. The number of aromatic nitrogens is 2. The van der Waals surface area contributed by atoms with E-state index in [0.29, 0.717) is 57.4 Å². The van der Waals surface area contributed by atoms with E-state index in [9.17, 15) is 13.2 Å². The average Bonchev–Trinajstić information content (AvgIpc) is 2.66. The van der Waals surface area contributed by atoms with Crippen LogP contribution in [0.4, 0.5) is 10.6 Å². The summed E-state index contributed by atoms with van der Waals surface area (Å²) in [5, 5.41) is 8.70. The van der Waals surface area contributed by atoms with Gasteiger partial charge in [0.05, 0.1) is 24.3 Å². The van der Waals surface area contributed by atoms with Crippen molar-refractivity contribution in [1.29, 1.82) is 0 Å². The molecule has 0 aliphatic carbocycles. The van der Waals surface area contributed by atoms with Crippen LogP contribution in [0.3, 0.4) is 0 Å². The monoisotopic (exact) mass is 398 g/mol. The predicted molar refractivity (Wildman–Crippen MR) is 99.9 cm³/mol. The van der Waals surface area contributed by atoms with Crippen molar-refractivity contribution in [3.63, 3.8) is 0 Å². The molecule has 10 heteroatoms. The van der Waals surface area contributed by atoms with E-state index in [1.54, 1.807) is 12.4 Å². The van der Waals surface area contributed by atoms with E-state index in [1.807, 2.05) is 4.90 Å². The lowest BCUT2D eigenvalue weighted by Gasteiger charge is -2.31. The van der Waals surface area contributed by atoms with Crippen molar-refractivity contribution in [1.82, 2.24) is 14.9 Å². The van der Waals surface area contributed by atoms with Gasteiger partial charge in [-0.1, -0.05) is 0 Å². The van der Waals surface area contributed by atoms with E-state index < -0.39 is 15.9 Å². The van der Waals surface area contributed by atoms with Crippen LogP contribution in [0, 0.1) is 5.92 Å². The maximum Gasteiger partial charge on any atom is 0.407 e. The van der Waals surface area contributed by atoms with Crippen molar-refractivity contribution in [2.24, 2.45) is 5.92 Å². The summed E-state index contributed by atoms with van der Waals surface area (Å²) >= 11 is 0. The van der Waals surface area contributed by atoms with E-state index in [1.165, 1.54) is 11.2 Å². The first-order valence-corrected chi connectivity index (χ1v) is 11.1. The molecule has 1 amide bonds. The second-order valence-electron chi connectivity index (χ2n) is 7.25. The molecule has 0 spiro atoms. The smallest absolute Gasteiger partial charge is 0.407 e. The fourth-order valence-corrected chi connectivity index (χ4v) is 4.62. The van der Waals surface area contributed by atoms with Crippen LogP contribution in [-0.2, 0) is 9.84 Å². The molecule has 0 bridgehead atoms. The summed E-state index contributed by atoms with van der Waals surface area (Å²) in [5.41, 5.74) is 0. The SMILES string of the molecule is CS(=O)(=O)C1CCN(c2cnc(OCC3CCN(C(=O)O)CC3)cn2)CC1. The summed E-state index contributed by atoms with van der Waals surface area (Å²) in [6.45, 7) is 2.87.